The predicted octanol–water partition coefficient (Wildman–Crippen LogP) is 1.14. The van der Waals surface area contributed by atoms with Gasteiger partial charge in [0.05, 0.1) is 19.8 Å². The summed E-state index contributed by atoms with van der Waals surface area (Å²) >= 11 is 0. The minimum absolute atomic E-state index is 0.189. The highest BCUT2D eigenvalue weighted by atomic mass is 16.5. The number of aliphatic hydroxyl groups is 2. The first kappa shape index (κ1) is 16.0. The molecule has 0 aromatic heterocycles. The molecule has 1 aromatic rings. The number of ether oxygens (including phenoxy) is 1. The van der Waals surface area contributed by atoms with E-state index in [1.807, 2.05) is 18.9 Å². The van der Waals surface area contributed by atoms with Crippen LogP contribution in [0.25, 0.3) is 0 Å². The summed E-state index contributed by atoms with van der Waals surface area (Å²) in [5, 5.41) is 18.2. The lowest BCUT2D eigenvalue weighted by molar-refractivity contribution is 0.0669. The zero-order valence-electron chi connectivity index (χ0n) is 12.3. The van der Waals surface area contributed by atoms with Gasteiger partial charge >= 0.3 is 0 Å². The average Bonchev–Trinajstić information content (AvgIpc) is 2.39. The van der Waals surface area contributed by atoms with Gasteiger partial charge in [0.15, 0.2) is 0 Å². The van der Waals surface area contributed by atoms with E-state index in [-0.39, 0.29) is 6.61 Å². The van der Waals surface area contributed by atoms with Crippen molar-refractivity contribution in [3.8, 4) is 5.75 Å². The third kappa shape index (κ3) is 4.82. The van der Waals surface area contributed by atoms with Gasteiger partial charge in [0.25, 0.3) is 0 Å². The van der Waals surface area contributed by atoms with E-state index in [9.17, 15) is 5.11 Å². The molecule has 0 aliphatic rings. The Morgan fingerprint density at radius 1 is 1.26 bits per heavy atom. The number of likely N-dealkylation sites (N-methyl/N-ethyl adjacent to an activating group) is 1. The Morgan fingerprint density at radius 2 is 1.95 bits per heavy atom. The molecule has 0 aliphatic carbocycles. The van der Waals surface area contributed by atoms with Gasteiger partial charge in [-0.05, 0) is 50.1 Å². The van der Waals surface area contributed by atoms with Crippen LogP contribution >= 0.6 is 0 Å². The van der Waals surface area contributed by atoms with Gasteiger partial charge in [0.2, 0.25) is 0 Å². The van der Waals surface area contributed by atoms with Crippen molar-refractivity contribution in [2.24, 2.45) is 0 Å². The van der Waals surface area contributed by atoms with Gasteiger partial charge in [0, 0.05) is 13.1 Å². The number of nitrogens with zero attached hydrogens (tertiary/aromatic N) is 1. The highest BCUT2D eigenvalue weighted by Gasteiger charge is 2.09. The fraction of sp³-hybridized carbons (Fsp3) is 0.600. The third-order valence-electron chi connectivity index (χ3n) is 3.35. The maximum absolute atomic E-state index is 9.38. The van der Waals surface area contributed by atoms with Gasteiger partial charge < -0.3 is 19.8 Å². The fourth-order valence-corrected chi connectivity index (χ4v) is 2.16. The van der Waals surface area contributed by atoms with E-state index in [2.05, 4.69) is 19.1 Å². The van der Waals surface area contributed by atoms with Gasteiger partial charge in [0.1, 0.15) is 5.75 Å². The first-order chi connectivity index (χ1) is 8.97. The van der Waals surface area contributed by atoms with Crippen molar-refractivity contribution in [2.75, 3.05) is 33.9 Å². The van der Waals surface area contributed by atoms with Crippen LogP contribution in [-0.4, -0.2) is 55.1 Å². The molecule has 0 spiro atoms. The summed E-state index contributed by atoms with van der Waals surface area (Å²) in [7, 11) is 3.64. The molecule has 4 heteroatoms. The molecule has 0 saturated carbocycles. The van der Waals surface area contributed by atoms with Gasteiger partial charge in [-0.1, -0.05) is 6.07 Å². The largest absolute Gasteiger partial charge is 0.496 e. The highest BCUT2D eigenvalue weighted by molar-refractivity contribution is 5.41. The molecule has 0 amide bonds. The van der Waals surface area contributed by atoms with Crippen LogP contribution in [0.15, 0.2) is 12.1 Å². The van der Waals surface area contributed by atoms with Crippen LogP contribution < -0.4 is 4.74 Å². The molecule has 0 heterocycles. The first-order valence-corrected chi connectivity index (χ1v) is 6.59. The number of aliphatic hydroxyl groups excluding tert-OH is 2. The molecule has 0 aliphatic heterocycles. The molecule has 1 aromatic carbocycles. The summed E-state index contributed by atoms with van der Waals surface area (Å²) in [5.74, 6) is 0.922. The lowest BCUT2D eigenvalue weighted by atomic mass is 10.0. The molecule has 1 atom stereocenters. The smallest absolute Gasteiger partial charge is 0.122 e. The Morgan fingerprint density at radius 3 is 2.53 bits per heavy atom. The summed E-state index contributed by atoms with van der Waals surface area (Å²) in [6.45, 7) is 5.28. The summed E-state index contributed by atoms with van der Waals surface area (Å²) in [4.78, 5) is 2.03. The molecule has 4 nitrogen and oxygen atoms in total. The van der Waals surface area contributed by atoms with Crippen LogP contribution in [0.1, 0.15) is 16.7 Å². The zero-order valence-corrected chi connectivity index (χ0v) is 12.3. The predicted molar refractivity (Wildman–Crippen MR) is 76.8 cm³/mol. The third-order valence-corrected chi connectivity index (χ3v) is 3.35. The first-order valence-electron chi connectivity index (χ1n) is 6.59. The topological polar surface area (TPSA) is 52.9 Å². The van der Waals surface area contributed by atoms with Crippen LogP contribution in [0.5, 0.6) is 5.75 Å². The van der Waals surface area contributed by atoms with Crippen molar-refractivity contribution in [1.82, 2.24) is 4.90 Å². The number of rotatable bonds is 7. The Kier molecular flexibility index (Phi) is 6.28. The lowest BCUT2D eigenvalue weighted by Crippen LogP contribution is -2.32. The van der Waals surface area contributed by atoms with Gasteiger partial charge in [-0.25, -0.2) is 0 Å². The Hall–Kier alpha value is -1.10. The fourth-order valence-electron chi connectivity index (χ4n) is 2.16. The molecule has 2 N–H and O–H groups in total. The lowest BCUT2D eigenvalue weighted by Gasteiger charge is -2.20. The van der Waals surface area contributed by atoms with Crippen LogP contribution in [-0.2, 0) is 6.42 Å². The second-order valence-corrected chi connectivity index (χ2v) is 5.10. The maximum atomic E-state index is 9.38. The molecular formula is C15H25NO3. The molecule has 0 fully saturated rings. The highest BCUT2D eigenvalue weighted by Crippen LogP contribution is 2.22. The van der Waals surface area contributed by atoms with Crippen molar-refractivity contribution in [2.45, 2.75) is 26.4 Å². The Labute approximate surface area is 115 Å². The molecule has 0 radical (unpaired) electrons. The van der Waals surface area contributed by atoms with Crippen LogP contribution in [0.3, 0.4) is 0 Å². The summed E-state index contributed by atoms with van der Waals surface area (Å²) in [5.41, 5.74) is 3.66. The van der Waals surface area contributed by atoms with Crippen molar-refractivity contribution in [3.05, 3.63) is 28.8 Å². The minimum atomic E-state index is -0.663. The van der Waals surface area contributed by atoms with Crippen molar-refractivity contribution < 1.29 is 14.9 Å². The molecule has 0 bridgehead atoms. The van der Waals surface area contributed by atoms with Gasteiger partial charge in [-0.3, -0.25) is 0 Å². The average molecular weight is 267 g/mol. The Balaban J connectivity index is 2.60. The van der Waals surface area contributed by atoms with Crippen LogP contribution in [0, 0.1) is 13.8 Å². The quantitative estimate of drug-likeness (QED) is 0.778. The molecule has 1 rings (SSSR count). The van der Waals surface area contributed by atoms with Crippen molar-refractivity contribution in [1.29, 1.82) is 0 Å². The number of benzene rings is 1. The van der Waals surface area contributed by atoms with Gasteiger partial charge in [-0.2, -0.15) is 0 Å². The molecule has 0 saturated heterocycles. The van der Waals surface area contributed by atoms with Crippen molar-refractivity contribution in [3.63, 3.8) is 0 Å². The number of aryl methyl sites for hydroxylation is 2. The molecule has 19 heavy (non-hydrogen) atoms. The molecular weight excluding hydrogens is 242 g/mol. The van der Waals surface area contributed by atoms with E-state index >= 15 is 0 Å². The Bertz CT molecular complexity index is 407. The summed E-state index contributed by atoms with van der Waals surface area (Å²) in [6, 6.07) is 4.22. The van der Waals surface area contributed by atoms with Crippen LogP contribution in [0.2, 0.25) is 0 Å². The molecule has 108 valence electrons. The second kappa shape index (κ2) is 7.48. The zero-order chi connectivity index (χ0) is 14.4. The summed E-state index contributed by atoms with van der Waals surface area (Å²) in [6.07, 6.45) is 0.259. The maximum Gasteiger partial charge on any atom is 0.122 e. The summed E-state index contributed by atoms with van der Waals surface area (Å²) < 4.78 is 5.30. The minimum Gasteiger partial charge on any atom is -0.496 e. The van der Waals surface area contributed by atoms with E-state index in [1.165, 1.54) is 11.1 Å². The number of methoxy groups -OCH3 is 1. The van der Waals surface area contributed by atoms with E-state index in [4.69, 9.17) is 9.84 Å². The van der Waals surface area contributed by atoms with E-state index in [0.29, 0.717) is 6.54 Å². The SMILES string of the molecule is COc1cc(C)c(CCN(C)CC(O)CO)cc1C. The van der Waals surface area contributed by atoms with Crippen molar-refractivity contribution >= 4 is 0 Å². The monoisotopic (exact) mass is 267 g/mol. The van der Waals surface area contributed by atoms with E-state index < -0.39 is 6.10 Å². The second-order valence-electron chi connectivity index (χ2n) is 5.10. The van der Waals surface area contributed by atoms with Gasteiger partial charge in [-0.15, -0.1) is 0 Å². The number of hydrogen-bond acceptors (Lipinski definition) is 4. The molecule has 1 unspecified atom stereocenters. The number of hydrogen-bond donors (Lipinski definition) is 2. The van der Waals surface area contributed by atoms with Crippen LogP contribution in [0.4, 0.5) is 0 Å². The van der Waals surface area contributed by atoms with E-state index in [1.54, 1.807) is 7.11 Å². The van der Waals surface area contributed by atoms with E-state index in [0.717, 1.165) is 24.3 Å². The normalized spacial score (nSPS) is 12.8. The standard InChI is InChI=1S/C15H25NO3/c1-11-8-15(19-4)12(2)7-13(11)5-6-16(3)9-14(18)10-17/h7-8,14,17-18H,5-6,9-10H2,1-4H3.